The van der Waals surface area contributed by atoms with Crippen LogP contribution in [-0.4, -0.2) is 0 Å². The fraction of sp³-hybridized carbons (Fsp3) is 0.250. The lowest BCUT2D eigenvalue weighted by molar-refractivity contribution is -0.641. The molecule has 1 aromatic carbocycles. The van der Waals surface area contributed by atoms with Crippen molar-refractivity contribution < 1.29 is 4.57 Å². The van der Waals surface area contributed by atoms with E-state index in [1.54, 1.807) is 11.3 Å². The van der Waals surface area contributed by atoms with Crippen LogP contribution in [0.2, 0.25) is 0 Å². The van der Waals surface area contributed by atoms with E-state index in [9.17, 15) is 0 Å². The first kappa shape index (κ1) is 10.2. The number of nitrogens with two attached hydrogens (primary N) is 1. The molecule has 3 heteroatoms. The summed E-state index contributed by atoms with van der Waals surface area (Å²) < 4.78 is 2.05. The first-order chi connectivity index (χ1) is 7.09. The van der Waals surface area contributed by atoms with Gasteiger partial charge in [0, 0.05) is 5.56 Å². The molecule has 0 fully saturated rings. The maximum atomic E-state index is 5.89. The number of benzene rings is 1. The number of nitrogen functional groups attached to an aromatic ring is 1. The molecule has 15 heavy (non-hydrogen) atoms. The molecule has 1 aromatic heterocycles. The van der Waals surface area contributed by atoms with Gasteiger partial charge in [-0.05, 0) is 13.8 Å². The molecule has 78 valence electrons. The Balaban J connectivity index is 2.58. The van der Waals surface area contributed by atoms with Gasteiger partial charge < -0.3 is 0 Å². The van der Waals surface area contributed by atoms with Crippen molar-refractivity contribution in [1.82, 2.24) is 0 Å². The Kier molecular flexibility index (Phi) is 2.49. The second kappa shape index (κ2) is 3.66. The number of anilines is 1. The molecule has 0 saturated carbocycles. The number of thiazole rings is 1. The standard InChI is InChI=1S/C12H14N2S/c1-8-4-6-10(7-5-8)11-9(2)15-12(13)14(11)3/h4-7,13H,1-3H3/p+1. The van der Waals surface area contributed by atoms with E-state index in [0.29, 0.717) is 0 Å². The lowest BCUT2D eigenvalue weighted by atomic mass is 10.1. The minimum Gasteiger partial charge on any atom is -0.278 e. The van der Waals surface area contributed by atoms with Crippen molar-refractivity contribution in [2.45, 2.75) is 13.8 Å². The minimum atomic E-state index is 0.850. The van der Waals surface area contributed by atoms with Gasteiger partial charge in [0.2, 0.25) is 0 Å². The van der Waals surface area contributed by atoms with Crippen LogP contribution in [0.15, 0.2) is 24.3 Å². The highest BCUT2D eigenvalue weighted by Crippen LogP contribution is 2.26. The fourth-order valence-corrected chi connectivity index (χ4v) is 2.62. The average molecular weight is 219 g/mol. The number of hydrogen-bond acceptors (Lipinski definition) is 2. The molecular formula is C12H15N2S+. The molecule has 0 aliphatic rings. The fourth-order valence-electron chi connectivity index (χ4n) is 1.73. The predicted molar refractivity (Wildman–Crippen MR) is 64.8 cm³/mol. The highest BCUT2D eigenvalue weighted by Gasteiger charge is 2.16. The molecule has 1 heterocycles. The molecule has 2 aromatic rings. The van der Waals surface area contributed by atoms with Gasteiger partial charge in [-0.15, -0.1) is 0 Å². The molecule has 0 unspecified atom stereocenters. The van der Waals surface area contributed by atoms with E-state index in [4.69, 9.17) is 5.73 Å². The highest BCUT2D eigenvalue weighted by atomic mass is 32.1. The van der Waals surface area contributed by atoms with Crippen LogP contribution in [0.4, 0.5) is 5.13 Å². The van der Waals surface area contributed by atoms with Crippen molar-refractivity contribution in [3.05, 3.63) is 34.7 Å². The number of aryl methyl sites for hydroxylation is 2. The van der Waals surface area contributed by atoms with Crippen LogP contribution in [0.25, 0.3) is 11.3 Å². The summed E-state index contributed by atoms with van der Waals surface area (Å²) in [6.07, 6.45) is 0. The highest BCUT2D eigenvalue weighted by molar-refractivity contribution is 7.15. The van der Waals surface area contributed by atoms with Gasteiger partial charge in [-0.3, -0.25) is 5.73 Å². The summed E-state index contributed by atoms with van der Waals surface area (Å²) in [6, 6.07) is 8.54. The summed E-state index contributed by atoms with van der Waals surface area (Å²) in [7, 11) is 2.01. The van der Waals surface area contributed by atoms with Gasteiger partial charge in [-0.25, -0.2) is 4.57 Å². The zero-order valence-electron chi connectivity index (χ0n) is 9.24. The van der Waals surface area contributed by atoms with E-state index in [2.05, 4.69) is 38.1 Å². The normalized spacial score (nSPS) is 10.6. The Morgan fingerprint density at radius 1 is 1.13 bits per heavy atom. The molecule has 0 spiro atoms. The summed E-state index contributed by atoms with van der Waals surface area (Å²) in [4.78, 5) is 1.26. The van der Waals surface area contributed by atoms with Gasteiger partial charge in [-0.2, -0.15) is 0 Å². The Morgan fingerprint density at radius 2 is 1.73 bits per heavy atom. The van der Waals surface area contributed by atoms with Crippen molar-refractivity contribution in [3.63, 3.8) is 0 Å². The minimum absolute atomic E-state index is 0.850. The monoisotopic (exact) mass is 219 g/mol. The summed E-state index contributed by atoms with van der Waals surface area (Å²) in [5.74, 6) is 0. The summed E-state index contributed by atoms with van der Waals surface area (Å²) >= 11 is 1.64. The van der Waals surface area contributed by atoms with Crippen LogP contribution in [0, 0.1) is 13.8 Å². The SMILES string of the molecule is Cc1ccc(-c2c(C)sc(N)[n+]2C)cc1. The average Bonchev–Trinajstić information content (AvgIpc) is 2.44. The Bertz CT molecular complexity index is 483. The van der Waals surface area contributed by atoms with Crippen molar-refractivity contribution in [1.29, 1.82) is 0 Å². The van der Waals surface area contributed by atoms with E-state index in [-0.39, 0.29) is 0 Å². The molecule has 0 saturated heterocycles. The number of rotatable bonds is 1. The predicted octanol–water partition coefficient (Wildman–Crippen LogP) is 2.44. The molecule has 0 atom stereocenters. The third-order valence-electron chi connectivity index (χ3n) is 2.58. The number of aromatic nitrogens is 1. The van der Waals surface area contributed by atoms with E-state index in [1.165, 1.54) is 21.7 Å². The van der Waals surface area contributed by atoms with Crippen LogP contribution in [-0.2, 0) is 7.05 Å². The molecule has 0 bridgehead atoms. The lowest BCUT2D eigenvalue weighted by Crippen LogP contribution is -2.31. The Labute approximate surface area is 94.0 Å². The largest absolute Gasteiger partial charge is 0.332 e. The maximum Gasteiger partial charge on any atom is 0.332 e. The molecule has 0 amide bonds. The third-order valence-corrected chi connectivity index (χ3v) is 3.56. The van der Waals surface area contributed by atoms with Crippen molar-refractivity contribution in [2.24, 2.45) is 7.05 Å². The van der Waals surface area contributed by atoms with Gasteiger partial charge in [0.1, 0.15) is 5.69 Å². The van der Waals surface area contributed by atoms with Gasteiger partial charge in [0.05, 0.1) is 11.9 Å². The Hall–Kier alpha value is -1.35. The molecule has 2 rings (SSSR count). The van der Waals surface area contributed by atoms with E-state index >= 15 is 0 Å². The first-order valence-electron chi connectivity index (χ1n) is 4.91. The second-order valence-electron chi connectivity index (χ2n) is 3.77. The van der Waals surface area contributed by atoms with Gasteiger partial charge in [-0.1, -0.05) is 41.2 Å². The molecule has 0 radical (unpaired) electrons. The summed E-state index contributed by atoms with van der Waals surface area (Å²) in [5, 5.41) is 0.850. The number of hydrogen-bond donors (Lipinski definition) is 1. The van der Waals surface area contributed by atoms with Gasteiger partial charge >= 0.3 is 5.13 Å². The molecule has 2 N–H and O–H groups in total. The first-order valence-corrected chi connectivity index (χ1v) is 5.73. The van der Waals surface area contributed by atoms with E-state index in [0.717, 1.165) is 5.13 Å². The number of nitrogens with zero attached hydrogens (tertiary/aromatic N) is 1. The van der Waals surface area contributed by atoms with Crippen LogP contribution in [0.3, 0.4) is 0 Å². The molecule has 0 aliphatic heterocycles. The summed E-state index contributed by atoms with van der Waals surface area (Å²) in [5.41, 5.74) is 9.62. The van der Waals surface area contributed by atoms with Gasteiger partial charge in [0.15, 0.2) is 0 Å². The van der Waals surface area contributed by atoms with Gasteiger partial charge in [0.25, 0.3) is 0 Å². The maximum absolute atomic E-state index is 5.89. The molecular weight excluding hydrogens is 204 g/mol. The quantitative estimate of drug-likeness (QED) is 0.734. The van der Waals surface area contributed by atoms with Crippen molar-refractivity contribution in [3.8, 4) is 11.3 Å². The zero-order chi connectivity index (χ0) is 11.0. The van der Waals surface area contributed by atoms with E-state index < -0.39 is 0 Å². The van der Waals surface area contributed by atoms with Crippen LogP contribution in [0.5, 0.6) is 0 Å². The van der Waals surface area contributed by atoms with E-state index in [1.807, 2.05) is 11.6 Å². The smallest absolute Gasteiger partial charge is 0.278 e. The Morgan fingerprint density at radius 3 is 2.20 bits per heavy atom. The topological polar surface area (TPSA) is 29.9 Å². The van der Waals surface area contributed by atoms with Crippen LogP contribution >= 0.6 is 11.3 Å². The molecule has 2 nitrogen and oxygen atoms in total. The second-order valence-corrected chi connectivity index (χ2v) is 5.00. The lowest BCUT2D eigenvalue weighted by Gasteiger charge is -2.00. The zero-order valence-corrected chi connectivity index (χ0v) is 10.1. The van der Waals surface area contributed by atoms with Crippen molar-refractivity contribution >= 4 is 16.5 Å². The van der Waals surface area contributed by atoms with Crippen LogP contribution in [0.1, 0.15) is 10.4 Å². The molecule has 0 aliphatic carbocycles. The van der Waals surface area contributed by atoms with Crippen LogP contribution < -0.4 is 10.3 Å². The van der Waals surface area contributed by atoms with Crippen molar-refractivity contribution in [2.75, 3.05) is 5.73 Å². The summed E-state index contributed by atoms with van der Waals surface area (Å²) in [6.45, 7) is 4.20. The third kappa shape index (κ3) is 1.75.